The van der Waals surface area contributed by atoms with E-state index in [1.54, 1.807) is 0 Å². The topological polar surface area (TPSA) is 17.8 Å². The number of halogens is 2. The van der Waals surface area contributed by atoms with Gasteiger partial charge in [-0.15, -0.1) is 11.6 Å². The van der Waals surface area contributed by atoms with Crippen LogP contribution in [0.4, 0.5) is 4.39 Å². The molecule has 0 unspecified atom stereocenters. The van der Waals surface area contributed by atoms with E-state index in [0.29, 0.717) is 12.3 Å². The number of aryl methyl sites for hydroxylation is 3. The van der Waals surface area contributed by atoms with Gasteiger partial charge in [-0.2, -0.15) is 0 Å². The van der Waals surface area contributed by atoms with Gasteiger partial charge in [-0.3, -0.25) is 4.57 Å². The van der Waals surface area contributed by atoms with Crippen LogP contribution in [0.2, 0.25) is 0 Å². The second kappa shape index (κ2) is 5.49. The molecule has 2 nitrogen and oxygen atoms in total. The highest BCUT2D eigenvalue weighted by Crippen LogP contribution is 2.26. The van der Waals surface area contributed by atoms with Gasteiger partial charge in [-0.1, -0.05) is 12.1 Å². The summed E-state index contributed by atoms with van der Waals surface area (Å²) in [5.74, 6) is 1.10. The van der Waals surface area contributed by atoms with Gasteiger partial charge >= 0.3 is 0 Å². The molecule has 0 bridgehead atoms. The van der Waals surface area contributed by atoms with Gasteiger partial charge in [-0.05, 0) is 49.2 Å². The van der Waals surface area contributed by atoms with Crippen molar-refractivity contribution in [2.24, 2.45) is 0 Å². The van der Waals surface area contributed by atoms with Gasteiger partial charge < -0.3 is 0 Å². The Morgan fingerprint density at radius 1 is 1.19 bits per heavy atom. The van der Waals surface area contributed by atoms with Gasteiger partial charge in [0.05, 0.1) is 16.7 Å². The molecule has 0 atom stereocenters. The van der Waals surface area contributed by atoms with Crippen LogP contribution in [0.25, 0.3) is 16.7 Å². The van der Waals surface area contributed by atoms with E-state index in [1.165, 1.54) is 12.1 Å². The quantitative estimate of drug-likeness (QED) is 0.648. The van der Waals surface area contributed by atoms with Gasteiger partial charge in [0, 0.05) is 12.3 Å². The molecule has 0 N–H and O–H groups in total. The molecular weight excluding hydrogens is 287 g/mol. The van der Waals surface area contributed by atoms with E-state index in [9.17, 15) is 4.39 Å². The van der Waals surface area contributed by atoms with Crippen molar-refractivity contribution in [3.05, 3.63) is 59.2 Å². The van der Waals surface area contributed by atoms with Crippen molar-refractivity contribution in [2.45, 2.75) is 20.3 Å². The molecule has 0 radical (unpaired) electrons. The van der Waals surface area contributed by atoms with Gasteiger partial charge in [0.1, 0.15) is 11.6 Å². The Labute approximate surface area is 128 Å². The van der Waals surface area contributed by atoms with Crippen LogP contribution in [0, 0.1) is 19.7 Å². The molecule has 0 aliphatic rings. The molecule has 1 heterocycles. The van der Waals surface area contributed by atoms with Crippen molar-refractivity contribution in [3.8, 4) is 5.69 Å². The zero-order valence-electron chi connectivity index (χ0n) is 12.0. The number of hydrogen-bond acceptors (Lipinski definition) is 1. The SMILES string of the molecule is Cc1cc(F)cc(-n2c(CCCl)nc3cccc(C)c32)c1. The molecule has 1 aromatic heterocycles. The predicted molar refractivity (Wildman–Crippen MR) is 84.9 cm³/mol. The summed E-state index contributed by atoms with van der Waals surface area (Å²) in [6.45, 7) is 3.93. The minimum atomic E-state index is -0.239. The van der Waals surface area contributed by atoms with E-state index < -0.39 is 0 Å². The van der Waals surface area contributed by atoms with Crippen LogP contribution < -0.4 is 0 Å². The zero-order valence-corrected chi connectivity index (χ0v) is 12.8. The third-order valence-corrected chi connectivity index (χ3v) is 3.74. The molecule has 0 aliphatic carbocycles. The van der Waals surface area contributed by atoms with Gasteiger partial charge in [0.2, 0.25) is 0 Å². The largest absolute Gasteiger partial charge is 0.296 e. The second-order valence-corrected chi connectivity index (χ2v) is 5.61. The first kappa shape index (κ1) is 14.1. The van der Waals surface area contributed by atoms with E-state index >= 15 is 0 Å². The molecule has 0 amide bonds. The normalized spacial score (nSPS) is 11.2. The first-order valence-corrected chi connectivity index (χ1v) is 7.44. The lowest BCUT2D eigenvalue weighted by Gasteiger charge is -2.11. The zero-order chi connectivity index (χ0) is 15.0. The smallest absolute Gasteiger partial charge is 0.125 e. The lowest BCUT2D eigenvalue weighted by atomic mass is 10.1. The third kappa shape index (κ3) is 2.54. The number of imidazole rings is 1. The molecule has 3 aromatic rings. The molecule has 3 rings (SSSR count). The highest BCUT2D eigenvalue weighted by Gasteiger charge is 2.14. The maximum atomic E-state index is 13.8. The van der Waals surface area contributed by atoms with Crippen molar-refractivity contribution < 1.29 is 4.39 Å². The first-order chi connectivity index (χ1) is 10.1. The van der Waals surface area contributed by atoms with Crippen molar-refractivity contribution >= 4 is 22.6 Å². The fourth-order valence-electron chi connectivity index (χ4n) is 2.72. The number of para-hydroxylation sites is 1. The van der Waals surface area contributed by atoms with Crippen LogP contribution in [0.15, 0.2) is 36.4 Å². The fourth-order valence-corrected chi connectivity index (χ4v) is 2.89. The minimum Gasteiger partial charge on any atom is -0.296 e. The number of benzene rings is 2. The van der Waals surface area contributed by atoms with Crippen LogP contribution in [0.5, 0.6) is 0 Å². The summed E-state index contributed by atoms with van der Waals surface area (Å²) in [7, 11) is 0. The van der Waals surface area contributed by atoms with Crippen LogP contribution in [-0.4, -0.2) is 15.4 Å². The standard InChI is InChI=1S/C17H16ClFN2/c1-11-8-13(19)10-14(9-11)21-16(6-7-18)20-15-5-3-4-12(2)17(15)21/h3-5,8-10H,6-7H2,1-2H3. The maximum Gasteiger partial charge on any atom is 0.125 e. The molecule has 0 aliphatic heterocycles. The summed E-state index contributed by atoms with van der Waals surface area (Å²) in [5.41, 5.74) is 4.73. The monoisotopic (exact) mass is 302 g/mol. The van der Waals surface area contributed by atoms with Crippen LogP contribution in [-0.2, 0) is 6.42 Å². The maximum absolute atomic E-state index is 13.8. The molecule has 4 heteroatoms. The van der Waals surface area contributed by atoms with Crippen LogP contribution in [0.3, 0.4) is 0 Å². The van der Waals surface area contributed by atoms with Crippen molar-refractivity contribution in [3.63, 3.8) is 0 Å². The van der Waals surface area contributed by atoms with Gasteiger partial charge in [0.15, 0.2) is 0 Å². The van der Waals surface area contributed by atoms with Gasteiger partial charge in [-0.25, -0.2) is 9.37 Å². The molecule has 108 valence electrons. The minimum absolute atomic E-state index is 0.239. The first-order valence-electron chi connectivity index (χ1n) is 6.90. The Kier molecular flexibility index (Phi) is 3.68. The number of rotatable bonds is 3. The average Bonchev–Trinajstić information content (AvgIpc) is 2.77. The van der Waals surface area contributed by atoms with Gasteiger partial charge in [0.25, 0.3) is 0 Å². The summed E-state index contributed by atoms with van der Waals surface area (Å²) in [6, 6.07) is 11.0. The molecule has 0 spiro atoms. The lowest BCUT2D eigenvalue weighted by Crippen LogP contribution is -2.03. The Balaban J connectivity index is 2.35. The molecular formula is C17H16ClFN2. The summed E-state index contributed by atoms with van der Waals surface area (Å²) in [4.78, 5) is 4.66. The van der Waals surface area contributed by atoms with Crippen molar-refractivity contribution in [2.75, 3.05) is 5.88 Å². The molecule has 0 fully saturated rings. The fraction of sp³-hybridized carbons (Fsp3) is 0.235. The second-order valence-electron chi connectivity index (χ2n) is 5.23. The number of alkyl halides is 1. The van der Waals surface area contributed by atoms with E-state index in [2.05, 4.69) is 4.98 Å². The van der Waals surface area contributed by atoms with E-state index in [0.717, 1.165) is 33.7 Å². The molecule has 2 aromatic carbocycles. The number of fused-ring (bicyclic) bond motifs is 1. The Morgan fingerprint density at radius 3 is 2.71 bits per heavy atom. The van der Waals surface area contributed by atoms with Crippen LogP contribution in [0.1, 0.15) is 17.0 Å². The number of aromatic nitrogens is 2. The van der Waals surface area contributed by atoms with E-state index in [-0.39, 0.29) is 5.82 Å². The highest BCUT2D eigenvalue weighted by molar-refractivity contribution is 6.17. The highest BCUT2D eigenvalue weighted by atomic mass is 35.5. The number of hydrogen-bond donors (Lipinski definition) is 0. The van der Waals surface area contributed by atoms with Crippen LogP contribution >= 0.6 is 11.6 Å². The van der Waals surface area contributed by atoms with Crippen molar-refractivity contribution in [1.82, 2.24) is 9.55 Å². The average molecular weight is 303 g/mol. The number of nitrogens with zero attached hydrogens (tertiary/aromatic N) is 2. The van der Waals surface area contributed by atoms with Crippen molar-refractivity contribution in [1.29, 1.82) is 0 Å². The summed E-state index contributed by atoms with van der Waals surface area (Å²) in [6.07, 6.45) is 0.644. The Bertz CT molecular complexity index is 788. The van der Waals surface area contributed by atoms with E-state index in [4.69, 9.17) is 11.6 Å². The molecule has 0 saturated heterocycles. The third-order valence-electron chi connectivity index (χ3n) is 3.55. The summed E-state index contributed by atoms with van der Waals surface area (Å²) < 4.78 is 15.8. The summed E-state index contributed by atoms with van der Waals surface area (Å²) in [5, 5.41) is 0. The lowest BCUT2D eigenvalue weighted by molar-refractivity contribution is 0.625. The predicted octanol–water partition coefficient (Wildman–Crippen LogP) is 4.56. The summed E-state index contributed by atoms with van der Waals surface area (Å²) >= 11 is 5.90. The molecule has 21 heavy (non-hydrogen) atoms. The Morgan fingerprint density at radius 2 is 2.00 bits per heavy atom. The Hall–Kier alpha value is -1.87. The molecule has 0 saturated carbocycles. The van der Waals surface area contributed by atoms with E-state index in [1.807, 2.05) is 42.7 Å².